The standard InChI is InChI=1S/C17H18N2O2S/c20-17(21-12-13-5-3-9-18-11-13)15-8-4-10-19-16(15)22-14-6-1-2-7-14/h3-5,8-11,14H,1-2,6-7,12H2. The van der Waals surface area contributed by atoms with Crippen LogP contribution in [0, 0.1) is 0 Å². The molecule has 0 amide bonds. The summed E-state index contributed by atoms with van der Waals surface area (Å²) in [5.41, 5.74) is 1.44. The molecular weight excluding hydrogens is 296 g/mol. The lowest BCUT2D eigenvalue weighted by Crippen LogP contribution is -2.09. The number of pyridine rings is 2. The van der Waals surface area contributed by atoms with Crippen molar-refractivity contribution in [1.82, 2.24) is 9.97 Å². The smallest absolute Gasteiger partial charge is 0.341 e. The molecule has 0 aliphatic heterocycles. The summed E-state index contributed by atoms with van der Waals surface area (Å²) in [5, 5.41) is 1.35. The molecule has 114 valence electrons. The molecule has 0 N–H and O–H groups in total. The fourth-order valence-electron chi connectivity index (χ4n) is 2.51. The van der Waals surface area contributed by atoms with E-state index in [0.717, 1.165) is 10.6 Å². The maximum absolute atomic E-state index is 12.3. The van der Waals surface area contributed by atoms with Gasteiger partial charge in [-0.15, -0.1) is 11.8 Å². The van der Waals surface area contributed by atoms with Crippen LogP contribution in [0.2, 0.25) is 0 Å². The van der Waals surface area contributed by atoms with Crippen LogP contribution < -0.4 is 0 Å². The monoisotopic (exact) mass is 314 g/mol. The lowest BCUT2D eigenvalue weighted by Gasteiger charge is -2.11. The van der Waals surface area contributed by atoms with E-state index in [4.69, 9.17) is 4.74 Å². The van der Waals surface area contributed by atoms with Crippen LogP contribution in [0.1, 0.15) is 41.6 Å². The van der Waals surface area contributed by atoms with Gasteiger partial charge in [-0.25, -0.2) is 9.78 Å². The Morgan fingerprint density at radius 3 is 2.82 bits per heavy atom. The number of ether oxygens (including phenoxy) is 1. The largest absolute Gasteiger partial charge is 0.457 e. The third-order valence-corrected chi connectivity index (χ3v) is 5.02. The maximum atomic E-state index is 12.3. The van der Waals surface area contributed by atoms with Gasteiger partial charge in [-0.1, -0.05) is 18.9 Å². The second kappa shape index (κ2) is 7.40. The Bertz CT molecular complexity index is 628. The van der Waals surface area contributed by atoms with Gasteiger partial charge in [-0.05, 0) is 31.0 Å². The number of thioether (sulfide) groups is 1. The summed E-state index contributed by atoms with van der Waals surface area (Å²) in [4.78, 5) is 20.7. The average Bonchev–Trinajstić information content (AvgIpc) is 3.07. The van der Waals surface area contributed by atoms with Crippen LogP contribution in [0.25, 0.3) is 0 Å². The van der Waals surface area contributed by atoms with E-state index in [9.17, 15) is 4.79 Å². The minimum absolute atomic E-state index is 0.231. The first kappa shape index (κ1) is 15.0. The summed E-state index contributed by atoms with van der Waals surface area (Å²) in [6.45, 7) is 0.231. The first-order chi connectivity index (χ1) is 10.8. The van der Waals surface area contributed by atoms with Crippen LogP contribution in [0.5, 0.6) is 0 Å². The quantitative estimate of drug-likeness (QED) is 0.784. The fraction of sp³-hybridized carbons (Fsp3) is 0.353. The normalized spacial score (nSPS) is 14.9. The summed E-state index contributed by atoms with van der Waals surface area (Å²) in [7, 11) is 0. The van der Waals surface area contributed by atoms with Crippen molar-refractivity contribution in [2.45, 2.75) is 42.6 Å². The minimum Gasteiger partial charge on any atom is -0.457 e. The first-order valence-electron chi connectivity index (χ1n) is 7.50. The Labute approximate surface area is 134 Å². The van der Waals surface area contributed by atoms with Crippen molar-refractivity contribution in [3.63, 3.8) is 0 Å². The van der Waals surface area contributed by atoms with E-state index in [-0.39, 0.29) is 12.6 Å². The Morgan fingerprint density at radius 1 is 1.23 bits per heavy atom. The average molecular weight is 314 g/mol. The molecule has 0 aromatic carbocycles. The highest BCUT2D eigenvalue weighted by atomic mass is 32.2. The second-order valence-electron chi connectivity index (χ2n) is 5.32. The number of carbonyl (C=O) groups is 1. The van der Waals surface area contributed by atoms with E-state index < -0.39 is 0 Å². The summed E-state index contributed by atoms with van der Waals surface area (Å²) in [6, 6.07) is 7.28. The molecule has 0 unspecified atom stereocenters. The first-order valence-corrected chi connectivity index (χ1v) is 8.38. The van der Waals surface area contributed by atoms with E-state index in [0.29, 0.717) is 10.8 Å². The summed E-state index contributed by atoms with van der Waals surface area (Å²) in [5.74, 6) is -0.322. The number of aromatic nitrogens is 2. The molecule has 0 bridgehead atoms. The van der Waals surface area contributed by atoms with E-state index in [2.05, 4.69) is 9.97 Å². The van der Waals surface area contributed by atoms with Crippen LogP contribution >= 0.6 is 11.8 Å². The molecule has 2 aromatic rings. The van der Waals surface area contributed by atoms with Crippen LogP contribution in [0.3, 0.4) is 0 Å². The van der Waals surface area contributed by atoms with Crippen molar-refractivity contribution in [2.75, 3.05) is 0 Å². The topological polar surface area (TPSA) is 52.1 Å². The Hall–Kier alpha value is -1.88. The fourth-order valence-corrected chi connectivity index (χ4v) is 3.80. The molecule has 0 atom stereocenters. The van der Waals surface area contributed by atoms with Gasteiger partial charge in [0.2, 0.25) is 0 Å². The van der Waals surface area contributed by atoms with Gasteiger partial charge < -0.3 is 4.74 Å². The van der Waals surface area contributed by atoms with Crippen molar-refractivity contribution in [2.24, 2.45) is 0 Å². The number of nitrogens with zero attached hydrogens (tertiary/aromatic N) is 2. The SMILES string of the molecule is O=C(OCc1cccnc1)c1cccnc1SC1CCCC1. The lowest BCUT2D eigenvalue weighted by molar-refractivity contribution is 0.0467. The van der Waals surface area contributed by atoms with Gasteiger partial charge in [0.05, 0.1) is 5.56 Å². The molecule has 2 aromatic heterocycles. The Balaban J connectivity index is 1.66. The van der Waals surface area contributed by atoms with E-state index >= 15 is 0 Å². The maximum Gasteiger partial charge on any atom is 0.341 e. The van der Waals surface area contributed by atoms with Crippen molar-refractivity contribution in [3.05, 3.63) is 54.0 Å². The van der Waals surface area contributed by atoms with Gasteiger partial charge in [-0.2, -0.15) is 0 Å². The second-order valence-corrected chi connectivity index (χ2v) is 6.61. The number of esters is 1. The molecule has 2 heterocycles. The molecule has 0 saturated heterocycles. The molecule has 0 radical (unpaired) electrons. The van der Waals surface area contributed by atoms with Crippen LogP contribution in [-0.4, -0.2) is 21.2 Å². The van der Waals surface area contributed by atoms with Gasteiger partial charge in [0.1, 0.15) is 11.6 Å². The van der Waals surface area contributed by atoms with E-state index in [1.165, 1.54) is 25.7 Å². The van der Waals surface area contributed by atoms with E-state index in [1.807, 2.05) is 12.1 Å². The van der Waals surface area contributed by atoms with Gasteiger partial charge in [-0.3, -0.25) is 4.98 Å². The summed E-state index contributed by atoms with van der Waals surface area (Å²) in [6.07, 6.45) is 10.1. The predicted molar refractivity (Wildman–Crippen MR) is 85.7 cm³/mol. The van der Waals surface area contributed by atoms with Crippen LogP contribution in [0.4, 0.5) is 0 Å². The van der Waals surface area contributed by atoms with Gasteiger partial charge in [0.15, 0.2) is 0 Å². The highest BCUT2D eigenvalue weighted by Gasteiger charge is 2.21. The number of carbonyl (C=O) groups excluding carboxylic acids is 1. The zero-order chi connectivity index (χ0) is 15.2. The molecule has 1 saturated carbocycles. The molecule has 1 aliphatic carbocycles. The molecular formula is C17H18N2O2S. The van der Waals surface area contributed by atoms with Crippen molar-refractivity contribution in [3.8, 4) is 0 Å². The molecule has 5 heteroatoms. The lowest BCUT2D eigenvalue weighted by atomic mass is 10.3. The van der Waals surface area contributed by atoms with Crippen molar-refractivity contribution >= 4 is 17.7 Å². The van der Waals surface area contributed by atoms with Crippen LogP contribution in [0.15, 0.2) is 47.9 Å². The molecule has 0 spiro atoms. The Morgan fingerprint density at radius 2 is 2.05 bits per heavy atom. The Kier molecular flexibility index (Phi) is 5.06. The molecule has 3 rings (SSSR count). The van der Waals surface area contributed by atoms with Gasteiger partial charge in [0, 0.05) is 29.4 Å². The zero-order valence-electron chi connectivity index (χ0n) is 12.3. The number of hydrogen-bond acceptors (Lipinski definition) is 5. The molecule has 22 heavy (non-hydrogen) atoms. The molecule has 4 nitrogen and oxygen atoms in total. The van der Waals surface area contributed by atoms with Crippen LogP contribution in [-0.2, 0) is 11.3 Å². The number of hydrogen-bond donors (Lipinski definition) is 0. The highest BCUT2D eigenvalue weighted by molar-refractivity contribution is 7.99. The predicted octanol–water partition coefficient (Wildman–Crippen LogP) is 3.87. The summed E-state index contributed by atoms with van der Waals surface area (Å²) >= 11 is 1.70. The van der Waals surface area contributed by atoms with E-state index in [1.54, 1.807) is 42.5 Å². The summed E-state index contributed by atoms with van der Waals surface area (Å²) < 4.78 is 5.39. The third-order valence-electron chi connectivity index (χ3n) is 3.66. The highest BCUT2D eigenvalue weighted by Crippen LogP contribution is 2.35. The third kappa shape index (κ3) is 3.85. The van der Waals surface area contributed by atoms with Gasteiger partial charge >= 0.3 is 5.97 Å². The van der Waals surface area contributed by atoms with Crippen molar-refractivity contribution < 1.29 is 9.53 Å². The molecule has 1 aliphatic rings. The zero-order valence-corrected chi connectivity index (χ0v) is 13.1. The van der Waals surface area contributed by atoms with Crippen molar-refractivity contribution in [1.29, 1.82) is 0 Å². The number of rotatable bonds is 5. The van der Waals surface area contributed by atoms with Gasteiger partial charge in [0.25, 0.3) is 0 Å². The minimum atomic E-state index is -0.322. The molecule has 1 fully saturated rings.